The lowest BCUT2D eigenvalue weighted by atomic mass is 10.1. The largest absolute Gasteiger partial charge is 0.494 e. The zero-order chi connectivity index (χ0) is 19.1. The topological polar surface area (TPSA) is 67.0 Å². The Bertz CT molecular complexity index is 995. The highest BCUT2D eigenvalue weighted by Crippen LogP contribution is 2.23. The highest BCUT2D eigenvalue weighted by atomic mass is 16.5. The predicted molar refractivity (Wildman–Crippen MR) is 107 cm³/mol. The van der Waals surface area contributed by atoms with Gasteiger partial charge in [-0.25, -0.2) is 0 Å². The second kappa shape index (κ2) is 8.72. The van der Waals surface area contributed by atoms with Crippen molar-refractivity contribution in [3.8, 4) is 11.8 Å². The molecule has 0 fully saturated rings. The van der Waals surface area contributed by atoms with Crippen molar-refractivity contribution in [3.63, 3.8) is 0 Å². The van der Waals surface area contributed by atoms with E-state index < -0.39 is 0 Å². The molecule has 5 heteroatoms. The zero-order valence-electron chi connectivity index (χ0n) is 15.2. The first-order valence-electron chi connectivity index (χ1n) is 8.88. The van der Waals surface area contributed by atoms with Crippen LogP contribution in [-0.4, -0.2) is 17.1 Å². The van der Waals surface area contributed by atoms with Crippen molar-refractivity contribution in [3.05, 3.63) is 66.4 Å². The first kappa shape index (κ1) is 18.3. The van der Waals surface area contributed by atoms with E-state index in [9.17, 15) is 4.79 Å². The van der Waals surface area contributed by atoms with Crippen molar-refractivity contribution in [2.75, 3.05) is 11.9 Å². The second-order valence-corrected chi connectivity index (χ2v) is 5.98. The number of nitrogens with one attached hydrogen (secondary N) is 1. The van der Waals surface area contributed by atoms with Crippen LogP contribution in [0.4, 0.5) is 5.69 Å². The molecular formula is C22H21N3O2. The van der Waals surface area contributed by atoms with E-state index in [1.807, 2.05) is 66.2 Å². The number of nitriles is 1. The molecule has 0 atom stereocenters. The Morgan fingerprint density at radius 1 is 1.22 bits per heavy atom. The SMILES string of the molecule is CCOc1ccc(NC(=O)/C=C/c2cn(CCC#N)c3ccccc23)cc1. The van der Waals surface area contributed by atoms with E-state index in [0.29, 0.717) is 25.3 Å². The Morgan fingerprint density at radius 3 is 2.74 bits per heavy atom. The lowest BCUT2D eigenvalue weighted by Gasteiger charge is -2.05. The number of nitrogens with zero attached hydrogens (tertiary/aromatic N) is 2. The molecular weight excluding hydrogens is 338 g/mol. The van der Waals surface area contributed by atoms with Gasteiger partial charge >= 0.3 is 0 Å². The summed E-state index contributed by atoms with van der Waals surface area (Å²) >= 11 is 0. The molecule has 0 aliphatic rings. The number of amides is 1. The quantitative estimate of drug-likeness (QED) is 0.627. The molecule has 136 valence electrons. The third kappa shape index (κ3) is 4.56. The Kier molecular flexibility index (Phi) is 5.91. The summed E-state index contributed by atoms with van der Waals surface area (Å²) in [4.78, 5) is 12.2. The maximum atomic E-state index is 12.2. The van der Waals surface area contributed by atoms with E-state index in [1.165, 1.54) is 6.08 Å². The van der Waals surface area contributed by atoms with Gasteiger partial charge in [0.05, 0.1) is 19.1 Å². The lowest BCUT2D eigenvalue weighted by molar-refractivity contribution is -0.111. The van der Waals surface area contributed by atoms with Gasteiger partial charge in [-0.3, -0.25) is 4.79 Å². The molecule has 1 aromatic heterocycles. The van der Waals surface area contributed by atoms with Gasteiger partial charge in [0.1, 0.15) is 5.75 Å². The molecule has 27 heavy (non-hydrogen) atoms. The monoisotopic (exact) mass is 359 g/mol. The standard InChI is InChI=1S/C22H21N3O2/c1-2-27-19-11-9-18(10-12-19)24-22(26)13-8-17-16-25(15-5-14-23)21-7-4-3-6-20(17)21/h3-4,6-13,16H,2,5,15H2,1H3,(H,24,26)/b13-8+. The molecule has 1 heterocycles. The highest BCUT2D eigenvalue weighted by molar-refractivity contribution is 6.03. The summed E-state index contributed by atoms with van der Waals surface area (Å²) in [6.45, 7) is 3.16. The van der Waals surface area contributed by atoms with Crippen LogP contribution in [0, 0.1) is 11.3 Å². The summed E-state index contributed by atoms with van der Waals surface area (Å²) in [5, 5.41) is 12.7. The molecule has 5 nitrogen and oxygen atoms in total. The molecule has 0 saturated heterocycles. The molecule has 0 bridgehead atoms. The van der Waals surface area contributed by atoms with E-state index in [2.05, 4.69) is 11.4 Å². The van der Waals surface area contributed by atoms with Crippen LogP contribution in [0.3, 0.4) is 0 Å². The minimum atomic E-state index is -0.201. The molecule has 0 unspecified atom stereocenters. The summed E-state index contributed by atoms with van der Waals surface area (Å²) in [6, 6.07) is 17.4. The van der Waals surface area contributed by atoms with Crippen LogP contribution in [0.25, 0.3) is 17.0 Å². The number of hydrogen-bond donors (Lipinski definition) is 1. The molecule has 1 amide bonds. The fraction of sp³-hybridized carbons (Fsp3) is 0.182. The number of carbonyl (C=O) groups is 1. The number of anilines is 1. The third-order valence-electron chi connectivity index (χ3n) is 4.13. The summed E-state index contributed by atoms with van der Waals surface area (Å²) in [6.07, 6.45) is 5.74. The van der Waals surface area contributed by atoms with Crippen LogP contribution in [0.15, 0.2) is 60.8 Å². The zero-order valence-corrected chi connectivity index (χ0v) is 15.2. The fourth-order valence-electron chi connectivity index (χ4n) is 2.91. The molecule has 2 aromatic carbocycles. The number of benzene rings is 2. The van der Waals surface area contributed by atoms with E-state index in [-0.39, 0.29) is 5.91 Å². The Hall–Kier alpha value is -3.52. The van der Waals surface area contributed by atoms with Gasteiger partial charge in [-0.2, -0.15) is 5.26 Å². The maximum absolute atomic E-state index is 12.2. The second-order valence-electron chi connectivity index (χ2n) is 5.98. The van der Waals surface area contributed by atoms with Gasteiger partial charge in [0.15, 0.2) is 0 Å². The Labute approximate surface area is 158 Å². The average molecular weight is 359 g/mol. The van der Waals surface area contributed by atoms with Crippen molar-refractivity contribution < 1.29 is 9.53 Å². The van der Waals surface area contributed by atoms with E-state index in [0.717, 1.165) is 22.2 Å². The van der Waals surface area contributed by atoms with Crippen LogP contribution in [-0.2, 0) is 11.3 Å². The summed E-state index contributed by atoms with van der Waals surface area (Å²) in [5.41, 5.74) is 2.72. The third-order valence-corrected chi connectivity index (χ3v) is 4.13. The van der Waals surface area contributed by atoms with Crippen LogP contribution in [0.5, 0.6) is 5.75 Å². The molecule has 0 aliphatic carbocycles. The van der Waals surface area contributed by atoms with Gasteiger partial charge in [0, 0.05) is 41.0 Å². The number of aromatic nitrogens is 1. The maximum Gasteiger partial charge on any atom is 0.248 e. The summed E-state index contributed by atoms with van der Waals surface area (Å²) in [7, 11) is 0. The van der Waals surface area contributed by atoms with Gasteiger partial charge in [-0.05, 0) is 43.3 Å². The smallest absolute Gasteiger partial charge is 0.248 e. The molecule has 0 radical (unpaired) electrons. The van der Waals surface area contributed by atoms with Gasteiger partial charge < -0.3 is 14.6 Å². The first-order chi connectivity index (χ1) is 13.2. The number of rotatable bonds is 7. The Balaban J connectivity index is 1.73. The number of aryl methyl sites for hydroxylation is 1. The van der Waals surface area contributed by atoms with Crippen LogP contribution < -0.4 is 10.1 Å². The van der Waals surface area contributed by atoms with Crippen molar-refractivity contribution in [1.82, 2.24) is 4.57 Å². The van der Waals surface area contributed by atoms with Crippen molar-refractivity contribution >= 4 is 28.6 Å². The lowest BCUT2D eigenvalue weighted by Crippen LogP contribution is -2.07. The van der Waals surface area contributed by atoms with Gasteiger partial charge in [-0.1, -0.05) is 18.2 Å². The average Bonchev–Trinajstić information content (AvgIpc) is 3.04. The fourth-order valence-corrected chi connectivity index (χ4v) is 2.91. The van der Waals surface area contributed by atoms with Crippen LogP contribution in [0.1, 0.15) is 18.9 Å². The van der Waals surface area contributed by atoms with Gasteiger partial charge in [-0.15, -0.1) is 0 Å². The highest BCUT2D eigenvalue weighted by Gasteiger charge is 2.06. The van der Waals surface area contributed by atoms with Crippen molar-refractivity contribution in [2.24, 2.45) is 0 Å². The summed E-state index contributed by atoms with van der Waals surface area (Å²) in [5.74, 6) is 0.573. The van der Waals surface area contributed by atoms with E-state index >= 15 is 0 Å². The van der Waals surface area contributed by atoms with Crippen molar-refractivity contribution in [2.45, 2.75) is 19.9 Å². The van der Waals surface area contributed by atoms with E-state index in [1.54, 1.807) is 6.08 Å². The number of para-hydroxylation sites is 1. The van der Waals surface area contributed by atoms with Gasteiger partial charge in [0.2, 0.25) is 5.91 Å². The van der Waals surface area contributed by atoms with E-state index in [4.69, 9.17) is 10.00 Å². The molecule has 3 rings (SSSR count). The first-order valence-corrected chi connectivity index (χ1v) is 8.88. The Morgan fingerprint density at radius 2 is 2.00 bits per heavy atom. The minimum Gasteiger partial charge on any atom is -0.494 e. The van der Waals surface area contributed by atoms with Gasteiger partial charge in [0.25, 0.3) is 0 Å². The molecule has 1 N–H and O–H groups in total. The predicted octanol–water partition coefficient (Wildman–Crippen LogP) is 4.61. The molecule has 0 saturated carbocycles. The van der Waals surface area contributed by atoms with Crippen LogP contribution >= 0.6 is 0 Å². The number of ether oxygens (including phenoxy) is 1. The minimum absolute atomic E-state index is 0.201. The molecule has 0 spiro atoms. The van der Waals surface area contributed by atoms with Crippen molar-refractivity contribution in [1.29, 1.82) is 5.26 Å². The normalized spacial score (nSPS) is 10.8. The molecule has 3 aromatic rings. The number of hydrogen-bond acceptors (Lipinski definition) is 3. The number of fused-ring (bicyclic) bond motifs is 1. The van der Waals surface area contributed by atoms with Crippen LogP contribution in [0.2, 0.25) is 0 Å². The summed E-state index contributed by atoms with van der Waals surface area (Å²) < 4.78 is 7.44. The number of carbonyl (C=O) groups excluding carboxylic acids is 1. The molecule has 0 aliphatic heterocycles.